The highest BCUT2D eigenvalue weighted by molar-refractivity contribution is 5.74. The lowest BCUT2D eigenvalue weighted by Crippen LogP contribution is -2.48. The molecule has 1 fully saturated rings. The topological polar surface area (TPSA) is 97.0 Å². The summed E-state index contributed by atoms with van der Waals surface area (Å²) >= 11 is 0. The summed E-state index contributed by atoms with van der Waals surface area (Å²) in [7, 11) is 0. The lowest BCUT2D eigenvalue weighted by molar-refractivity contribution is -0.120. The Morgan fingerprint density at radius 2 is 2.09 bits per heavy atom. The van der Waals surface area contributed by atoms with Crippen molar-refractivity contribution < 1.29 is 9.32 Å². The molecule has 0 bridgehead atoms. The molecular weight excluding hydrogens is 296 g/mol. The Balaban J connectivity index is 1.93. The van der Waals surface area contributed by atoms with Crippen LogP contribution >= 0.6 is 0 Å². The summed E-state index contributed by atoms with van der Waals surface area (Å²) in [5.74, 6) is 2.45. The zero-order valence-corrected chi connectivity index (χ0v) is 13.8. The molecule has 1 aliphatic heterocycles. The molecule has 1 amide bonds. The standard InChI is InChI=1S/C15H20N6O2/c1-9-7-13(17-10(2)16-9)21-6-5-15(8-21,19-11(3)22)14-18-12(4)23-20-14/h7H,5-6,8H2,1-4H3,(H,19,22)/t15-/m1/s1. The number of nitrogens with one attached hydrogen (secondary N) is 1. The summed E-state index contributed by atoms with van der Waals surface area (Å²) in [6.07, 6.45) is 0.688. The maximum Gasteiger partial charge on any atom is 0.223 e. The zero-order valence-electron chi connectivity index (χ0n) is 13.8. The minimum atomic E-state index is -0.656. The second-order valence-corrected chi connectivity index (χ2v) is 5.99. The molecule has 0 saturated carbocycles. The first-order valence-electron chi connectivity index (χ1n) is 7.55. The summed E-state index contributed by atoms with van der Waals surface area (Å²) in [5.41, 5.74) is 0.260. The normalized spacial score (nSPS) is 20.8. The second-order valence-electron chi connectivity index (χ2n) is 5.99. The Morgan fingerprint density at radius 3 is 2.70 bits per heavy atom. The van der Waals surface area contributed by atoms with E-state index in [-0.39, 0.29) is 5.91 Å². The molecule has 8 heteroatoms. The van der Waals surface area contributed by atoms with Crippen molar-refractivity contribution in [2.24, 2.45) is 0 Å². The van der Waals surface area contributed by atoms with E-state index in [1.54, 1.807) is 6.92 Å². The number of anilines is 1. The van der Waals surface area contributed by atoms with Crippen LogP contribution in [-0.2, 0) is 10.3 Å². The van der Waals surface area contributed by atoms with Gasteiger partial charge in [0.25, 0.3) is 0 Å². The van der Waals surface area contributed by atoms with E-state index in [1.807, 2.05) is 19.9 Å². The Kier molecular flexibility index (Phi) is 3.75. The number of aryl methyl sites for hydroxylation is 3. The van der Waals surface area contributed by atoms with E-state index in [0.29, 0.717) is 24.7 Å². The van der Waals surface area contributed by atoms with Gasteiger partial charge in [0.15, 0.2) is 5.82 Å². The molecule has 0 spiro atoms. The van der Waals surface area contributed by atoms with E-state index >= 15 is 0 Å². The summed E-state index contributed by atoms with van der Waals surface area (Å²) in [6, 6.07) is 1.94. The van der Waals surface area contributed by atoms with Gasteiger partial charge in [-0.2, -0.15) is 4.98 Å². The molecule has 1 N–H and O–H groups in total. The third kappa shape index (κ3) is 3.01. The molecule has 2 aromatic heterocycles. The van der Waals surface area contributed by atoms with Crippen LogP contribution in [0.5, 0.6) is 0 Å². The molecule has 1 saturated heterocycles. The highest BCUT2D eigenvalue weighted by Crippen LogP contribution is 2.32. The third-order valence-corrected chi connectivity index (χ3v) is 3.92. The molecule has 3 heterocycles. The molecule has 0 aromatic carbocycles. The molecule has 8 nitrogen and oxygen atoms in total. The smallest absolute Gasteiger partial charge is 0.223 e. The Hall–Kier alpha value is -2.51. The number of nitrogens with zero attached hydrogens (tertiary/aromatic N) is 5. The van der Waals surface area contributed by atoms with Crippen LogP contribution in [0.3, 0.4) is 0 Å². The first-order chi connectivity index (χ1) is 10.9. The SMILES string of the molecule is CC(=O)N[C@]1(c2noc(C)n2)CCN(c2cc(C)nc(C)n2)C1. The maximum atomic E-state index is 11.7. The fourth-order valence-corrected chi connectivity index (χ4v) is 3.04. The van der Waals surface area contributed by atoms with Gasteiger partial charge in [-0.3, -0.25) is 4.79 Å². The van der Waals surface area contributed by atoms with Crippen molar-refractivity contribution in [3.8, 4) is 0 Å². The van der Waals surface area contributed by atoms with Gasteiger partial charge >= 0.3 is 0 Å². The number of amides is 1. The van der Waals surface area contributed by atoms with Crippen molar-refractivity contribution in [1.29, 1.82) is 0 Å². The van der Waals surface area contributed by atoms with Crippen LogP contribution in [0.15, 0.2) is 10.6 Å². The van der Waals surface area contributed by atoms with Gasteiger partial charge in [-0.15, -0.1) is 0 Å². The predicted molar refractivity (Wildman–Crippen MR) is 82.9 cm³/mol. The van der Waals surface area contributed by atoms with Gasteiger partial charge in [-0.1, -0.05) is 5.16 Å². The number of aromatic nitrogens is 4. The van der Waals surface area contributed by atoms with Crippen molar-refractivity contribution in [3.05, 3.63) is 29.3 Å². The van der Waals surface area contributed by atoms with E-state index in [0.717, 1.165) is 23.9 Å². The van der Waals surface area contributed by atoms with Gasteiger partial charge in [0, 0.05) is 38.7 Å². The van der Waals surface area contributed by atoms with E-state index < -0.39 is 5.54 Å². The van der Waals surface area contributed by atoms with E-state index in [9.17, 15) is 4.79 Å². The Bertz CT molecular complexity index is 723. The minimum Gasteiger partial charge on any atom is -0.354 e. The molecule has 0 unspecified atom stereocenters. The molecule has 23 heavy (non-hydrogen) atoms. The average molecular weight is 316 g/mol. The van der Waals surface area contributed by atoms with Crippen molar-refractivity contribution in [3.63, 3.8) is 0 Å². The minimum absolute atomic E-state index is 0.121. The number of hydrogen-bond acceptors (Lipinski definition) is 7. The first-order valence-corrected chi connectivity index (χ1v) is 7.55. The van der Waals surface area contributed by atoms with Crippen molar-refractivity contribution in [2.75, 3.05) is 18.0 Å². The van der Waals surface area contributed by atoms with Crippen molar-refractivity contribution in [1.82, 2.24) is 25.4 Å². The number of rotatable bonds is 3. The Morgan fingerprint density at radius 1 is 1.30 bits per heavy atom. The monoisotopic (exact) mass is 316 g/mol. The van der Waals surface area contributed by atoms with E-state index in [4.69, 9.17) is 4.52 Å². The van der Waals surface area contributed by atoms with Crippen LogP contribution < -0.4 is 10.2 Å². The predicted octanol–water partition coefficient (Wildman–Crippen LogP) is 1.03. The molecule has 122 valence electrons. The lowest BCUT2D eigenvalue weighted by Gasteiger charge is -2.27. The number of carbonyl (C=O) groups is 1. The van der Waals surface area contributed by atoms with Gasteiger partial charge < -0.3 is 14.7 Å². The molecule has 0 aliphatic carbocycles. The summed E-state index contributed by atoms with van der Waals surface area (Å²) in [4.78, 5) is 26.9. The van der Waals surface area contributed by atoms with Gasteiger partial charge in [0.2, 0.25) is 11.8 Å². The van der Waals surface area contributed by atoms with Crippen LogP contribution in [-0.4, -0.2) is 39.1 Å². The van der Waals surface area contributed by atoms with Gasteiger partial charge in [0.1, 0.15) is 17.2 Å². The molecule has 2 aromatic rings. The van der Waals surface area contributed by atoms with E-state index in [1.165, 1.54) is 6.92 Å². The van der Waals surface area contributed by atoms with Crippen molar-refractivity contribution >= 4 is 11.7 Å². The highest BCUT2D eigenvalue weighted by Gasteiger charge is 2.44. The third-order valence-electron chi connectivity index (χ3n) is 3.92. The van der Waals surface area contributed by atoms with Crippen LogP contribution in [0.4, 0.5) is 5.82 Å². The highest BCUT2D eigenvalue weighted by atomic mass is 16.5. The number of hydrogen-bond donors (Lipinski definition) is 1. The largest absolute Gasteiger partial charge is 0.354 e. The summed E-state index contributed by atoms with van der Waals surface area (Å²) in [5, 5.41) is 7.03. The fraction of sp³-hybridized carbons (Fsp3) is 0.533. The molecule has 1 aliphatic rings. The molecule has 0 radical (unpaired) electrons. The summed E-state index contributed by atoms with van der Waals surface area (Å²) < 4.78 is 5.11. The van der Waals surface area contributed by atoms with Gasteiger partial charge in [-0.25, -0.2) is 9.97 Å². The van der Waals surface area contributed by atoms with Gasteiger partial charge in [0.05, 0.1) is 0 Å². The fourth-order valence-electron chi connectivity index (χ4n) is 3.04. The molecule has 1 atom stereocenters. The van der Waals surface area contributed by atoms with Crippen LogP contribution in [0.2, 0.25) is 0 Å². The van der Waals surface area contributed by atoms with Crippen LogP contribution in [0.1, 0.15) is 36.6 Å². The Labute approximate surface area is 134 Å². The average Bonchev–Trinajstić information content (AvgIpc) is 3.05. The summed E-state index contributed by atoms with van der Waals surface area (Å²) in [6.45, 7) is 8.33. The second kappa shape index (κ2) is 5.60. The number of carbonyl (C=O) groups excluding carboxylic acids is 1. The first kappa shape index (κ1) is 15.4. The van der Waals surface area contributed by atoms with Gasteiger partial charge in [-0.05, 0) is 20.3 Å². The lowest BCUT2D eigenvalue weighted by atomic mass is 9.97. The van der Waals surface area contributed by atoms with Crippen LogP contribution in [0, 0.1) is 20.8 Å². The van der Waals surface area contributed by atoms with E-state index in [2.05, 4.69) is 30.3 Å². The van der Waals surface area contributed by atoms with Crippen LogP contribution in [0.25, 0.3) is 0 Å². The van der Waals surface area contributed by atoms with Crippen molar-refractivity contribution in [2.45, 2.75) is 39.7 Å². The maximum absolute atomic E-state index is 11.7. The zero-order chi connectivity index (χ0) is 16.6. The molecule has 3 rings (SSSR count). The molecular formula is C15H20N6O2. The quantitative estimate of drug-likeness (QED) is 0.903.